The Hall–Kier alpha value is -1.19. The molecule has 0 spiro atoms. The molecule has 0 bridgehead atoms. The summed E-state index contributed by atoms with van der Waals surface area (Å²) in [7, 11) is 1.93. The molecule has 2 aromatic rings. The summed E-state index contributed by atoms with van der Waals surface area (Å²) in [4.78, 5) is 0. The molecule has 0 unspecified atom stereocenters. The number of anilines is 1. The third-order valence-corrected chi connectivity index (χ3v) is 3.53. The molecule has 1 heterocycles. The molecular weight excluding hydrogens is 281 g/mol. The molecule has 0 saturated heterocycles. The van der Waals surface area contributed by atoms with Crippen molar-refractivity contribution in [3.05, 3.63) is 45.7 Å². The van der Waals surface area contributed by atoms with Crippen molar-refractivity contribution in [1.29, 1.82) is 0 Å². The van der Waals surface area contributed by atoms with E-state index in [0.29, 0.717) is 22.5 Å². The van der Waals surface area contributed by atoms with Gasteiger partial charge in [-0.25, -0.2) is 0 Å². The average molecular weight is 298 g/mol. The lowest BCUT2D eigenvalue weighted by atomic mass is 10.1. The van der Waals surface area contributed by atoms with Crippen LogP contribution in [0.1, 0.15) is 31.0 Å². The number of hydrogen-bond donors (Lipinski definition) is 1. The zero-order valence-electron chi connectivity index (χ0n) is 11.2. The fraction of sp³-hybridized carbons (Fsp3) is 0.357. The van der Waals surface area contributed by atoms with Gasteiger partial charge in [-0.15, -0.1) is 0 Å². The normalized spacial score (nSPS) is 11.1. The van der Waals surface area contributed by atoms with E-state index < -0.39 is 0 Å². The van der Waals surface area contributed by atoms with Gasteiger partial charge in [-0.05, 0) is 18.1 Å². The van der Waals surface area contributed by atoms with Gasteiger partial charge in [0, 0.05) is 25.4 Å². The second-order valence-electron chi connectivity index (χ2n) is 4.82. The maximum absolute atomic E-state index is 6.14. The fourth-order valence-electron chi connectivity index (χ4n) is 2.03. The number of aryl methyl sites for hydroxylation is 1. The van der Waals surface area contributed by atoms with Crippen molar-refractivity contribution in [2.75, 3.05) is 5.32 Å². The minimum absolute atomic E-state index is 0.389. The molecule has 1 N–H and O–H groups in total. The first-order chi connectivity index (χ1) is 8.99. The molecule has 3 nitrogen and oxygen atoms in total. The summed E-state index contributed by atoms with van der Waals surface area (Å²) in [6.07, 6.45) is 2.02. The number of para-hydroxylation sites is 1. The van der Waals surface area contributed by atoms with Crippen LogP contribution in [-0.4, -0.2) is 9.78 Å². The van der Waals surface area contributed by atoms with Gasteiger partial charge in [0.05, 0.1) is 21.4 Å². The standard InChI is InChI=1S/C14H17Cl2N3/c1-9(2)13-10(8-19(3)18-13)7-17-14-11(15)5-4-6-12(14)16/h4-6,8-9,17H,7H2,1-3H3. The first-order valence-corrected chi connectivity index (χ1v) is 6.95. The molecule has 1 aromatic heterocycles. The second kappa shape index (κ2) is 5.85. The molecule has 0 aliphatic carbocycles. The predicted molar refractivity (Wildman–Crippen MR) is 81.1 cm³/mol. The molecule has 1 aromatic carbocycles. The Morgan fingerprint density at radius 1 is 1.26 bits per heavy atom. The third kappa shape index (κ3) is 3.23. The first-order valence-electron chi connectivity index (χ1n) is 6.19. The smallest absolute Gasteiger partial charge is 0.0721 e. The van der Waals surface area contributed by atoms with E-state index in [1.165, 1.54) is 0 Å². The monoisotopic (exact) mass is 297 g/mol. The van der Waals surface area contributed by atoms with Gasteiger partial charge in [-0.2, -0.15) is 5.10 Å². The van der Waals surface area contributed by atoms with Gasteiger partial charge in [0.25, 0.3) is 0 Å². The first kappa shape index (κ1) is 14.2. The van der Waals surface area contributed by atoms with Crippen LogP contribution in [0.5, 0.6) is 0 Å². The van der Waals surface area contributed by atoms with Crippen molar-refractivity contribution in [3.8, 4) is 0 Å². The van der Waals surface area contributed by atoms with Gasteiger partial charge in [0.2, 0.25) is 0 Å². The molecule has 0 aliphatic heterocycles. The lowest BCUT2D eigenvalue weighted by Gasteiger charge is -2.11. The van der Waals surface area contributed by atoms with Crippen LogP contribution in [-0.2, 0) is 13.6 Å². The minimum Gasteiger partial charge on any atom is -0.378 e. The number of hydrogen-bond acceptors (Lipinski definition) is 2. The van der Waals surface area contributed by atoms with Gasteiger partial charge in [0.15, 0.2) is 0 Å². The van der Waals surface area contributed by atoms with Crippen LogP contribution in [0, 0.1) is 0 Å². The van der Waals surface area contributed by atoms with E-state index in [-0.39, 0.29) is 0 Å². The zero-order chi connectivity index (χ0) is 14.0. The molecule has 0 saturated carbocycles. The summed E-state index contributed by atoms with van der Waals surface area (Å²) in [5.41, 5.74) is 3.02. The fourth-order valence-corrected chi connectivity index (χ4v) is 2.56. The number of aromatic nitrogens is 2. The Labute approximate surface area is 123 Å². The Bertz CT molecular complexity index is 556. The van der Waals surface area contributed by atoms with Crippen molar-refractivity contribution in [1.82, 2.24) is 9.78 Å². The molecular formula is C14H17Cl2N3. The van der Waals surface area contributed by atoms with E-state index in [1.807, 2.05) is 36.1 Å². The predicted octanol–water partition coefficient (Wildman–Crippen LogP) is 4.46. The van der Waals surface area contributed by atoms with E-state index in [2.05, 4.69) is 24.3 Å². The van der Waals surface area contributed by atoms with Crippen LogP contribution in [0.15, 0.2) is 24.4 Å². The van der Waals surface area contributed by atoms with Crippen molar-refractivity contribution < 1.29 is 0 Å². The molecule has 0 radical (unpaired) electrons. The summed E-state index contributed by atoms with van der Waals surface area (Å²) in [6, 6.07) is 5.48. The highest BCUT2D eigenvalue weighted by Gasteiger charge is 2.12. The Morgan fingerprint density at radius 2 is 1.89 bits per heavy atom. The summed E-state index contributed by atoms with van der Waals surface area (Å²) < 4.78 is 1.83. The summed E-state index contributed by atoms with van der Waals surface area (Å²) in [5.74, 6) is 0.389. The number of halogens is 2. The van der Waals surface area contributed by atoms with Crippen LogP contribution in [0.2, 0.25) is 10.0 Å². The Kier molecular flexibility index (Phi) is 4.38. The van der Waals surface area contributed by atoms with E-state index in [1.54, 1.807) is 0 Å². The van der Waals surface area contributed by atoms with Gasteiger partial charge < -0.3 is 5.32 Å². The molecule has 0 aliphatic rings. The lowest BCUT2D eigenvalue weighted by Crippen LogP contribution is -2.03. The maximum Gasteiger partial charge on any atom is 0.0721 e. The summed E-state index contributed by atoms with van der Waals surface area (Å²) >= 11 is 12.3. The highest BCUT2D eigenvalue weighted by atomic mass is 35.5. The SMILES string of the molecule is CC(C)c1nn(C)cc1CNc1c(Cl)cccc1Cl. The quantitative estimate of drug-likeness (QED) is 0.903. The number of nitrogens with one attached hydrogen (secondary N) is 1. The van der Waals surface area contributed by atoms with Gasteiger partial charge in [-0.3, -0.25) is 4.68 Å². The van der Waals surface area contributed by atoms with Crippen molar-refractivity contribution in [3.63, 3.8) is 0 Å². The molecule has 0 amide bonds. The number of rotatable bonds is 4. The van der Waals surface area contributed by atoms with Gasteiger partial charge in [0.1, 0.15) is 0 Å². The zero-order valence-corrected chi connectivity index (χ0v) is 12.8. The molecule has 19 heavy (non-hydrogen) atoms. The van der Waals surface area contributed by atoms with Crippen molar-refractivity contribution in [2.24, 2.45) is 7.05 Å². The van der Waals surface area contributed by atoms with E-state index >= 15 is 0 Å². The van der Waals surface area contributed by atoms with Gasteiger partial charge in [-0.1, -0.05) is 43.1 Å². The maximum atomic E-state index is 6.14. The molecule has 102 valence electrons. The Balaban J connectivity index is 2.19. The largest absolute Gasteiger partial charge is 0.378 e. The number of benzene rings is 1. The Morgan fingerprint density at radius 3 is 2.47 bits per heavy atom. The van der Waals surface area contributed by atoms with Crippen molar-refractivity contribution in [2.45, 2.75) is 26.3 Å². The van der Waals surface area contributed by atoms with E-state index in [0.717, 1.165) is 16.9 Å². The number of nitrogens with zero attached hydrogens (tertiary/aromatic N) is 2. The minimum atomic E-state index is 0.389. The second-order valence-corrected chi connectivity index (χ2v) is 5.63. The summed E-state index contributed by atoms with van der Waals surface area (Å²) in [6.45, 7) is 4.92. The van der Waals surface area contributed by atoms with E-state index in [4.69, 9.17) is 23.2 Å². The highest BCUT2D eigenvalue weighted by Crippen LogP contribution is 2.30. The van der Waals surface area contributed by atoms with Crippen LogP contribution in [0.3, 0.4) is 0 Å². The van der Waals surface area contributed by atoms with Gasteiger partial charge >= 0.3 is 0 Å². The summed E-state index contributed by atoms with van der Waals surface area (Å²) in [5, 5.41) is 9.02. The van der Waals surface area contributed by atoms with Crippen LogP contribution in [0.25, 0.3) is 0 Å². The average Bonchev–Trinajstić information content (AvgIpc) is 2.70. The molecule has 2 rings (SSSR count). The molecule has 0 fully saturated rings. The molecule has 5 heteroatoms. The van der Waals surface area contributed by atoms with Crippen molar-refractivity contribution >= 4 is 28.9 Å². The van der Waals surface area contributed by atoms with Crippen LogP contribution < -0.4 is 5.32 Å². The van der Waals surface area contributed by atoms with Crippen LogP contribution >= 0.6 is 23.2 Å². The van der Waals surface area contributed by atoms with Crippen LogP contribution in [0.4, 0.5) is 5.69 Å². The molecule has 0 atom stereocenters. The third-order valence-electron chi connectivity index (χ3n) is 2.90. The highest BCUT2D eigenvalue weighted by molar-refractivity contribution is 6.39. The topological polar surface area (TPSA) is 29.9 Å². The lowest BCUT2D eigenvalue weighted by molar-refractivity contribution is 0.712. The van der Waals surface area contributed by atoms with E-state index in [9.17, 15) is 0 Å².